The normalized spacial score (nSPS) is 13.1. The molecule has 0 aliphatic carbocycles. The summed E-state index contributed by atoms with van der Waals surface area (Å²) in [6.07, 6.45) is 2.04. The highest BCUT2D eigenvalue weighted by Gasteiger charge is 2.20. The van der Waals surface area contributed by atoms with Crippen LogP contribution in [0.25, 0.3) is 16.6 Å². The van der Waals surface area contributed by atoms with E-state index in [0.717, 1.165) is 13.0 Å². The lowest BCUT2D eigenvalue weighted by Crippen LogP contribution is -2.35. The highest BCUT2D eigenvalue weighted by Crippen LogP contribution is 2.28. The molecule has 0 saturated heterocycles. The summed E-state index contributed by atoms with van der Waals surface area (Å²) in [5, 5.41) is 1.88. The number of benzene rings is 3. The van der Waals surface area contributed by atoms with Gasteiger partial charge in [-0.25, -0.2) is 4.98 Å². The van der Waals surface area contributed by atoms with Gasteiger partial charge in [-0.3, -0.25) is 14.2 Å². The molecule has 35 heavy (non-hydrogen) atoms. The van der Waals surface area contributed by atoms with Crippen LogP contribution in [0.5, 0.6) is 0 Å². The van der Waals surface area contributed by atoms with Crippen molar-refractivity contribution in [3.63, 3.8) is 0 Å². The summed E-state index contributed by atoms with van der Waals surface area (Å²) in [5.41, 5.74) is 3.63. The van der Waals surface area contributed by atoms with Crippen molar-refractivity contribution in [3.8, 4) is 5.69 Å². The molecule has 1 aliphatic rings. The van der Waals surface area contributed by atoms with Gasteiger partial charge in [0, 0.05) is 25.3 Å². The summed E-state index contributed by atoms with van der Waals surface area (Å²) < 4.78 is 1.57. The average molecular weight is 524 g/mol. The van der Waals surface area contributed by atoms with Crippen LogP contribution in [-0.2, 0) is 17.8 Å². The maximum absolute atomic E-state index is 13.4. The van der Waals surface area contributed by atoms with Gasteiger partial charge in [0.05, 0.1) is 26.6 Å². The third-order valence-corrected chi connectivity index (χ3v) is 7.92. The van der Waals surface area contributed by atoms with Gasteiger partial charge in [0.25, 0.3) is 5.56 Å². The Balaban J connectivity index is 1.31. The van der Waals surface area contributed by atoms with E-state index < -0.39 is 0 Å². The fraction of sp³-hybridized carbons (Fsp3) is 0.222. The molecule has 0 unspecified atom stereocenters. The molecule has 0 fully saturated rings. The number of aromatic nitrogens is 2. The molecule has 0 saturated carbocycles. The van der Waals surface area contributed by atoms with Crippen molar-refractivity contribution in [1.29, 1.82) is 0 Å². The summed E-state index contributed by atoms with van der Waals surface area (Å²) in [7, 11) is 0. The molecule has 0 radical (unpaired) electrons. The van der Waals surface area contributed by atoms with Crippen molar-refractivity contribution in [3.05, 3.63) is 98.3 Å². The summed E-state index contributed by atoms with van der Waals surface area (Å²) in [6.45, 7) is 1.43. The Morgan fingerprint density at radius 3 is 2.57 bits per heavy atom. The van der Waals surface area contributed by atoms with E-state index in [2.05, 4.69) is 12.1 Å². The van der Waals surface area contributed by atoms with Gasteiger partial charge in [0.15, 0.2) is 5.16 Å². The molecule has 4 aromatic rings. The summed E-state index contributed by atoms with van der Waals surface area (Å²) in [6, 6.07) is 20.7. The third kappa shape index (κ3) is 5.10. The van der Waals surface area contributed by atoms with E-state index >= 15 is 0 Å². The van der Waals surface area contributed by atoms with E-state index in [0.29, 0.717) is 56.9 Å². The monoisotopic (exact) mass is 523 g/mol. The van der Waals surface area contributed by atoms with E-state index in [1.165, 1.54) is 22.9 Å². The van der Waals surface area contributed by atoms with Crippen molar-refractivity contribution in [2.75, 3.05) is 12.3 Å². The van der Waals surface area contributed by atoms with Gasteiger partial charge in [-0.2, -0.15) is 0 Å². The topological polar surface area (TPSA) is 55.2 Å². The van der Waals surface area contributed by atoms with Gasteiger partial charge in [0.1, 0.15) is 0 Å². The Hall–Kier alpha value is -2.80. The Morgan fingerprint density at radius 2 is 1.74 bits per heavy atom. The fourth-order valence-electron chi connectivity index (χ4n) is 4.31. The van der Waals surface area contributed by atoms with Crippen LogP contribution < -0.4 is 5.56 Å². The molecule has 0 bridgehead atoms. The van der Waals surface area contributed by atoms with E-state index in [9.17, 15) is 9.59 Å². The average Bonchev–Trinajstić information content (AvgIpc) is 2.88. The zero-order chi connectivity index (χ0) is 24.4. The highest BCUT2D eigenvalue weighted by atomic mass is 35.5. The van der Waals surface area contributed by atoms with Crippen molar-refractivity contribution >= 4 is 51.8 Å². The molecule has 0 spiro atoms. The predicted molar refractivity (Wildman–Crippen MR) is 143 cm³/mol. The number of hydrogen-bond acceptors (Lipinski definition) is 4. The number of thioether (sulfide) groups is 1. The molecular formula is C27H23Cl2N3O2S. The number of nitrogens with zero attached hydrogens (tertiary/aromatic N) is 3. The first-order chi connectivity index (χ1) is 17.0. The number of hydrogen-bond donors (Lipinski definition) is 0. The summed E-state index contributed by atoms with van der Waals surface area (Å²) >= 11 is 13.8. The number of carbonyl (C=O) groups is 1. The number of para-hydroxylation sites is 1. The second-order valence-electron chi connectivity index (χ2n) is 8.44. The van der Waals surface area contributed by atoms with Gasteiger partial charge in [-0.1, -0.05) is 71.4 Å². The third-order valence-electron chi connectivity index (χ3n) is 6.16. The highest BCUT2D eigenvalue weighted by molar-refractivity contribution is 7.99. The number of rotatable bonds is 6. The number of fused-ring (bicyclic) bond motifs is 2. The minimum absolute atomic E-state index is 0.161. The van der Waals surface area contributed by atoms with Gasteiger partial charge >= 0.3 is 0 Å². The van der Waals surface area contributed by atoms with E-state index in [-0.39, 0.29) is 11.5 Å². The molecule has 5 nitrogen and oxygen atoms in total. The van der Waals surface area contributed by atoms with Crippen LogP contribution in [0.4, 0.5) is 0 Å². The van der Waals surface area contributed by atoms with Crippen LogP contribution in [-0.4, -0.2) is 32.7 Å². The van der Waals surface area contributed by atoms with Crippen LogP contribution in [0, 0.1) is 0 Å². The van der Waals surface area contributed by atoms with Gasteiger partial charge in [0.2, 0.25) is 5.91 Å². The minimum Gasteiger partial charge on any atom is -0.338 e. The number of carbonyl (C=O) groups excluding carboxylic acids is 1. The Kier molecular flexibility index (Phi) is 7.14. The standard InChI is InChI=1S/C27H23Cl2N3O2S/c28-22-12-11-20(16-23(22)29)32-26(34)21-8-3-4-9-24(21)30-27(32)35-15-5-10-25(33)31-14-13-18-6-1-2-7-19(18)17-31/h1-4,6-9,11-12,16H,5,10,13-15,17H2. The molecule has 2 heterocycles. The van der Waals surface area contributed by atoms with Crippen LogP contribution in [0.15, 0.2) is 76.7 Å². The molecule has 0 atom stereocenters. The first kappa shape index (κ1) is 23.9. The second-order valence-corrected chi connectivity index (χ2v) is 10.3. The fourth-order valence-corrected chi connectivity index (χ4v) is 5.56. The van der Waals surface area contributed by atoms with Gasteiger partial charge in [-0.15, -0.1) is 0 Å². The molecule has 0 N–H and O–H groups in total. The van der Waals surface area contributed by atoms with Crippen molar-refractivity contribution < 1.29 is 4.79 Å². The maximum atomic E-state index is 13.4. The minimum atomic E-state index is -0.167. The van der Waals surface area contributed by atoms with Crippen LogP contribution >= 0.6 is 35.0 Å². The Morgan fingerprint density at radius 1 is 0.971 bits per heavy atom. The Labute approximate surface area is 217 Å². The van der Waals surface area contributed by atoms with Crippen molar-refractivity contribution in [1.82, 2.24) is 14.5 Å². The Bertz CT molecular complexity index is 1470. The summed E-state index contributed by atoms with van der Waals surface area (Å²) in [5.74, 6) is 0.816. The van der Waals surface area contributed by atoms with E-state index in [4.69, 9.17) is 28.2 Å². The zero-order valence-electron chi connectivity index (χ0n) is 18.9. The molecule has 1 aliphatic heterocycles. The second kappa shape index (κ2) is 10.4. The first-order valence-corrected chi connectivity index (χ1v) is 13.2. The SMILES string of the molecule is O=C(CCCSc1nc2ccccc2c(=O)n1-c1ccc(Cl)c(Cl)c1)N1CCc2ccccc2C1. The van der Waals surface area contributed by atoms with E-state index in [1.807, 2.05) is 35.2 Å². The van der Waals surface area contributed by atoms with Crippen molar-refractivity contribution in [2.45, 2.75) is 31.0 Å². The maximum Gasteiger partial charge on any atom is 0.266 e. The largest absolute Gasteiger partial charge is 0.338 e. The van der Waals surface area contributed by atoms with E-state index in [1.54, 1.807) is 28.8 Å². The lowest BCUT2D eigenvalue weighted by Gasteiger charge is -2.29. The summed E-state index contributed by atoms with van der Waals surface area (Å²) in [4.78, 5) is 32.9. The number of amides is 1. The van der Waals surface area contributed by atoms with Crippen LogP contribution in [0.3, 0.4) is 0 Å². The van der Waals surface area contributed by atoms with Crippen molar-refractivity contribution in [2.24, 2.45) is 0 Å². The quantitative estimate of drug-likeness (QED) is 0.173. The lowest BCUT2D eigenvalue weighted by atomic mass is 10.00. The van der Waals surface area contributed by atoms with Gasteiger partial charge < -0.3 is 4.90 Å². The number of halogens is 2. The zero-order valence-corrected chi connectivity index (χ0v) is 21.2. The first-order valence-electron chi connectivity index (χ1n) is 11.5. The smallest absolute Gasteiger partial charge is 0.266 e. The molecule has 178 valence electrons. The lowest BCUT2D eigenvalue weighted by molar-refractivity contribution is -0.132. The molecule has 5 rings (SSSR count). The molecule has 3 aromatic carbocycles. The van der Waals surface area contributed by atoms with Crippen LogP contribution in [0.2, 0.25) is 10.0 Å². The molecule has 1 amide bonds. The van der Waals surface area contributed by atoms with Gasteiger partial charge in [-0.05, 0) is 54.3 Å². The van der Waals surface area contributed by atoms with Crippen LogP contribution in [0.1, 0.15) is 24.0 Å². The predicted octanol–water partition coefficient (Wildman–Crippen LogP) is 6.15. The molecule has 8 heteroatoms. The molecule has 1 aromatic heterocycles. The molecular weight excluding hydrogens is 501 g/mol.